The fourth-order valence-corrected chi connectivity index (χ4v) is 3.28. The Morgan fingerprint density at radius 3 is 2.79 bits per heavy atom. The molecule has 106 valence electrons. The van der Waals surface area contributed by atoms with E-state index in [1.807, 2.05) is 6.26 Å². The lowest BCUT2D eigenvalue weighted by Gasteiger charge is -2.34. The van der Waals surface area contributed by atoms with Gasteiger partial charge in [0.15, 0.2) is 5.82 Å². The Hall–Kier alpha value is -1.04. The Balaban J connectivity index is 2.07. The summed E-state index contributed by atoms with van der Waals surface area (Å²) in [5.74, 6) is 1.29. The van der Waals surface area contributed by atoms with Crippen molar-refractivity contribution in [2.24, 2.45) is 5.41 Å². The van der Waals surface area contributed by atoms with Crippen molar-refractivity contribution < 1.29 is 14.4 Å². The minimum Gasteiger partial charge on any atom is -0.481 e. The van der Waals surface area contributed by atoms with Gasteiger partial charge in [-0.1, -0.05) is 24.4 Å². The third kappa shape index (κ3) is 3.96. The van der Waals surface area contributed by atoms with Gasteiger partial charge in [0.05, 0.1) is 12.2 Å². The van der Waals surface area contributed by atoms with Crippen LogP contribution in [0.4, 0.5) is 0 Å². The van der Waals surface area contributed by atoms with Crippen molar-refractivity contribution in [3.8, 4) is 0 Å². The number of carboxylic acids is 1. The zero-order valence-corrected chi connectivity index (χ0v) is 12.0. The van der Waals surface area contributed by atoms with Gasteiger partial charge in [0.1, 0.15) is 0 Å². The molecule has 1 aromatic heterocycles. The Kier molecular flexibility index (Phi) is 4.85. The van der Waals surface area contributed by atoms with Crippen LogP contribution >= 0.6 is 11.8 Å². The molecule has 0 radical (unpaired) electrons. The number of hydrogen-bond acceptors (Lipinski definition) is 5. The second kappa shape index (κ2) is 6.41. The first-order valence-electron chi connectivity index (χ1n) is 6.66. The number of rotatable bonds is 6. The highest BCUT2D eigenvalue weighted by Crippen LogP contribution is 2.41. The lowest BCUT2D eigenvalue weighted by atomic mass is 9.69. The van der Waals surface area contributed by atoms with Gasteiger partial charge in [-0.25, -0.2) is 0 Å². The van der Waals surface area contributed by atoms with Crippen molar-refractivity contribution in [1.82, 2.24) is 10.1 Å². The minimum absolute atomic E-state index is 0.187. The number of aliphatic carboxylic acids is 1. The summed E-state index contributed by atoms with van der Waals surface area (Å²) in [5.41, 5.74) is -0.187. The van der Waals surface area contributed by atoms with E-state index < -0.39 is 5.97 Å². The van der Waals surface area contributed by atoms with E-state index in [2.05, 4.69) is 10.1 Å². The molecule has 1 aromatic rings. The molecule has 1 saturated carbocycles. The Labute approximate surface area is 117 Å². The molecule has 0 amide bonds. The van der Waals surface area contributed by atoms with E-state index in [1.165, 1.54) is 6.42 Å². The maximum Gasteiger partial charge on any atom is 0.303 e. The van der Waals surface area contributed by atoms with Crippen LogP contribution in [0.2, 0.25) is 0 Å². The first kappa shape index (κ1) is 14.4. The summed E-state index contributed by atoms with van der Waals surface area (Å²) >= 11 is 1.64. The molecule has 0 spiro atoms. The average molecular weight is 284 g/mol. The number of carboxylic acid groups (broad SMARTS) is 1. The molecule has 1 N–H and O–H groups in total. The fraction of sp³-hybridized carbons (Fsp3) is 0.769. The molecule has 0 aromatic carbocycles. The highest BCUT2D eigenvalue weighted by molar-refractivity contribution is 7.97. The van der Waals surface area contributed by atoms with Crippen LogP contribution in [-0.4, -0.2) is 27.5 Å². The lowest BCUT2D eigenvalue weighted by Crippen LogP contribution is -2.29. The fourth-order valence-electron chi connectivity index (χ4n) is 2.91. The quantitative estimate of drug-likeness (QED) is 0.865. The molecule has 1 aliphatic carbocycles. The summed E-state index contributed by atoms with van der Waals surface area (Å²) in [6, 6.07) is 0. The van der Waals surface area contributed by atoms with Crippen LogP contribution in [0.3, 0.4) is 0 Å². The van der Waals surface area contributed by atoms with E-state index in [9.17, 15) is 4.79 Å². The van der Waals surface area contributed by atoms with Crippen LogP contribution in [0.25, 0.3) is 0 Å². The first-order valence-corrected chi connectivity index (χ1v) is 8.05. The van der Waals surface area contributed by atoms with E-state index in [-0.39, 0.29) is 11.8 Å². The normalized spacial score (nSPS) is 18.4. The van der Waals surface area contributed by atoms with Gasteiger partial charge in [0.2, 0.25) is 5.89 Å². The second-order valence-electron chi connectivity index (χ2n) is 5.35. The minimum atomic E-state index is -0.731. The Bertz CT molecular complexity index is 427. The van der Waals surface area contributed by atoms with Gasteiger partial charge in [-0.05, 0) is 24.5 Å². The van der Waals surface area contributed by atoms with Gasteiger partial charge in [-0.3, -0.25) is 4.79 Å². The Morgan fingerprint density at radius 2 is 2.16 bits per heavy atom. The van der Waals surface area contributed by atoms with E-state index in [0.29, 0.717) is 18.1 Å². The molecule has 19 heavy (non-hydrogen) atoms. The monoisotopic (exact) mass is 284 g/mol. The van der Waals surface area contributed by atoms with Crippen LogP contribution in [-0.2, 0) is 17.0 Å². The largest absolute Gasteiger partial charge is 0.481 e. The maximum atomic E-state index is 11.1. The van der Waals surface area contributed by atoms with Crippen LogP contribution < -0.4 is 0 Å². The van der Waals surface area contributed by atoms with Gasteiger partial charge < -0.3 is 9.63 Å². The Morgan fingerprint density at radius 1 is 1.42 bits per heavy atom. The van der Waals surface area contributed by atoms with E-state index >= 15 is 0 Å². The van der Waals surface area contributed by atoms with Gasteiger partial charge in [0.25, 0.3) is 0 Å². The molecule has 0 unspecified atom stereocenters. The molecular weight excluding hydrogens is 264 g/mol. The maximum absolute atomic E-state index is 11.1. The van der Waals surface area contributed by atoms with E-state index in [0.717, 1.165) is 31.4 Å². The number of thioether (sulfide) groups is 1. The number of nitrogens with zero attached hydrogens (tertiary/aromatic N) is 2. The van der Waals surface area contributed by atoms with Gasteiger partial charge in [-0.2, -0.15) is 16.7 Å². The van der Waals surface area contributed by atoms with Crippen molar-refractivity contribution in [3.05, 3.63) is 11.7 Å². The van der Waals surface area contributed by atoms with Gasteiger partial charge in [-0.15, -0.1) is 0 Å². The second-order valence-corrected chi connectivity index (χ2v) is 6.21. The van der Waals surface area contributed by atoms with Crippen molar-refractivity contribution in [2.75, 3.05) is 6.26 Å². The van der Waals surface area contributed by atoms with Crippen molar-refractivity contribution in [1.29, 1.82) is 0 Å². The summed E-state index contributed by atoms with van der Waals surface area (Å²) in [6.07, 6.45) is 8.07. The standard InChI is InChI=1S/C13H20N2O3S/c1-19-9-10-14-11(18-15-10)7-13(8-12(16)17)5-3-2-4-6-13/h2-9H2,1H3,(H,16,17). The highest BCUT2D eigenvalue weighted by Gasteiger charge is 2.36. The number of aromatic nitrogens is 2. The average Bonchev–Trinajstić information content (AvgIpc) is 2.77. The molecule has 0 atom stereocenters. The van der Waals surface area contributed by atoms with E-state index in [4.69, 9.17) is 9.63 Å². The van der Waals surface area contributed by atoms with Gasteiger partial charge >= 0.3 is 5.97 Å². The summed E-state index contributed by atoms with van der Waals surface area (Å²) in [5, 5.41) is 13.1. The smallest absolute Gasteiger partial charge is 0.303 e. The molecule has 0 saturated heterocycles. The molecule has 0 aliphatic heterocycles. The molecule has 2 rings (SSSR count). The SMILES string of the molecule is CSCc1noc(CC2(CC(=O)O)CCCCC2)n1. The lowest BCUT2D eigenvalue weighted by molar-refractivity contribution is -0.140. The van der Waals surface area contributed by atoms with Crippen LogP contribution in [0.15, 0.2) is 4.52 Å². The third-order valence-electron chi connectivity index (χ3n) is 3.75. The van der Waals surface area contributed by atoms with Crippen LogP contribution in [0.1, 0.15) is 50.2 Å². The number of carbonyl (C=O) groups is 1. The zero-order chi connectivity index (χ0) is 13.7. The van der Waals surface area contributed by atoms with Crippen LogP contribution in [0, 0.1) is 5.41 Å². The molecule has 5 nitrogen and oxygen atoms in total. The van der Waals surface area contributed by atoms with E-state index in [1.54, 1.807) is 11.8 Å². The van der Waals surface area contributed by atoms with Crippen LogP contribution in [0.5, 0.6) is 0 Å². The summed E-state index contributed by atoms with van der Waals surface area (Å²) in [4.78, 5) is 15.5. The topological polar surface area (TPSA) is 76.2 Å². The predicted molar refractivity (Wildman–Crippen MR) is 73.0 cm³/mol. The van der Waals surface area contributed by atoms with Crippen molar-refractivity contribution in [2.45, 2.75) is 50.7 Å². The molecular formula is C13H20N2O3S. The first-order chi connectivity index (χ1) is 9.13. The molecule has 1 heterocycles. The van der Waals surface area contributed by atoms with Gasteiger partial charge in [0, 0.05) is 6.42 Å². The molecule has 0 bridgehead atoms. The molecule has 1 aliphatic rings. The predicted octanol–water partition coefficient (Wildman–Crippen LogP) is 2.90. The third-order valence-corrected chi connectivity index (χ3v) is 4.30. The number of hydrogen-bond donors (Lipinski definition) is 1. The molecule has 1 fully saturated rings. The summed E-state index contributed by atoms with van der Waals surface area (Å²) in [6.45, 7) is 0. The van der Waals surface area contributed by atoms with Crippen molar-refractivity contribution >= 4 is 17.7 Å². The summed E-state index contributed by atoms with van der Waals surface area (Å²) < 4.78 is 5.26. The zero-order valence-electron chi connectivity index (χ0n) is 11.2. The highest BCUT2D eigenvalue weighted by atomic mass is 32.2. The molecule has 6 heteroatoms. The van der Waals surface area contributed by atoms with Crippen molar-refractivity contribution in [3.63, 3.8) is 0 Å². The summed E-state index contributed by atoms with van der Waals surface area (Å²) in [7, 11) is 0.